The van der Waals surface area contributed by atoms with E-state index in [2.05, 4.69) is 0 Å². The maximum Gasteiger partial charge on any atom is 0.243 e. The number of anilines is 1. The van der Waals surface area contributed by atoms with Crippen molar-refractivity contribution in [2.45, 2.75) is 11.4 Å². The molecule has 8 heteroatoms. The van der Waals surface area contributed by atoms with Gasteiger partial charge in [-0.3, -0.25) is 9.10 Å². The highest BCUT2D eigenvalue weighted by Crippen LogP contribution is 2.22. The molecule has 0 bridgehead atoms. The van der Waals surface area contributed by atoms with Crippen LogP contribution in [0.15, 0.2) is 53.4 Å². The summed E-state index contributed by atoms with van der Waals surface area (Å²) >= 11 is 7.60. The molecule has 0 aliphatic heterocycles. The fourth-order valence-electron chi connectivity index (χ4n) is 2.37. The van der Waals surface area contributed by atoms with Crippen molar-refractivity contribution < 1.29 is 13.2 Å². The molecule has 0 saturated carbocycles. The maximum atomic E-state index is 12.6. The van der Waals surface area contributed by atoms with Gasteiger partial charge in [-0.05, 0) is 42.2 Å². The van der Waals surface area contributed by atoms with Gasteiger partial charge in [-0.1, -0.05) is 29.8 Å². The highest BCUT2D eigenvalue weighted by atomic mass is 35.5. The summed E-state index contributed by atoms with van der Waals surface area (Å²) in [5.41, 5.74) is 1.35. The minimum atomic E-state index is -3.62. The number of benzene rings is 2. The Morgan fingerprint density at radius 1 is 1.15 bits per heavy atom. The molecule has 0 aliphatic carbocycles. The molecule has 0 aromatic heterocycles. The number of thioether (sulfide) groups is 1. The van der Waals surface area contributed by atoms with Gasteiger partial charge in [-0.2, -0.15) is 0 Å². The van der Waals surface area contributed by atoms with Crippen LogP contribution in [0.1, 0.15) is 5.56 Å². The molecule has 0 unspecified atom stereocenters. The molecule has 0 aliphatic rings. The normalized spacial score (nSPS) is 11.2. The molecule has 2 aromatic carbocycles. The number of likely N-dealkylation sites (N-methyl/N-ethyl adjacent to an activating group) is 1. The van der Waals surface area contributed by atoms with Gasteiger partial charge in [-0.15, -0.1) is 11.8 Å². The summed E-state index contributed by atoms with van der Waals surface area (Å²) in [4.78, 5) is 15.2. The number of carbonyl (C=O) groups excluding carboxylic acids is 1. The first-order chi connectivity index (χ1) is 12.2. The first-order valence-electron chi connectivity index (χ1n) is 7.81. The zero-order valence-corrected chi connectivity index (χ0v) is 17.2. The molecule has 2 rings (SSSR count). The van der Waals surface area contributed by atoms with Gasteiger partial charge in [0.15, 0.2) is 0 Å². The minimum Gasteiger partial charge on any atom is -0.340 e. The molecule has 0 heterocycles. The van der Waals surface area contributed by atoms with E-state index < -0.39 is 10.0 Å². The molecule has 0 N–H and O–H groups in total. The summed E-state index contributed by atoms with van der Waals surface area (Å²) in [7, 11) is -1.96. The van der Waals surface area contributed by atoms with Crippen LogP contribution in [-0.4, -0.2) is 45.3 Å². The van der Waals surface area contributed by atoms with Gasteiger partial charge >= 0.3 is 0 Å². The van der Waals surface area contributed by atoms with Crippen LogP contribution in [0.5, 0.6) is 0 Å². The average molecular weight is 413 g/mol. The van der Waals surface area contributed by atoms with Crippen molar-refractivity contribution in [2.24, 2.45) is 0 Å². The summed E-state index contributed by atoms with van der Waals surface area (Å²) in [5, 5.41) is 0.408. The average Bonchev–Trinajstić information content (AvgIpc) is 2.59. The van der Waals surface area contributed by atoms with Crippen molar-refractivity contribution in [1.29, 1.82) is 0 Å². The lowest BCUT2D eigenvalue weighted by Crippen LogP contribution is -2.41. The molecular weight excluding hydrogens is 392 g/mol. The molecule has 2 aromatic rings. The Labute approximate surface area is 164 Å². The number of rotatable bonds is 7. The number of hydrogen-bond acceptors (Lipinski definition) is 4. The van der Waals surface area contributed by atoms with Crippen molar-refractivity contribution in [1.82, 2.24) is 4.90 Å². The summed E-state index contributed by atoms with van der Waals surface area (Å²) in [6.45, 7) is 0.124. The zero-order chi connectivity index (χ0) is 19.3. The summed E-state index contributed by atoms with van der Waals surface area (Å²) in [6.07, 6.45) is 3.07. The van der Waals surface area contributed by atoms with E-state index in [1.807, 2.05) is 30.5 Å². The lowest BCUT2D eigenvalue weighted by Gasteiger charge is -2.25. The third kappa shape index (κ3) is 5.65. The lowest BCUT2D eigenvalue weighted by molar-refractivity contribution is -0.128. The second-order valence-corrected chi connectivity index (χ2v) is 9.07. The first-order valence-corrected chi connectivity index (χ1v) is 11.3. The van der Waals surface area contributed by atoms with Crippen molar-refractivity contribution in [3.05, 3.63) is 59.1 Å². The van der Waals surface area contributed by atoms with Gasteiger partial charge in [0.25, 0.3) is 0 Å². The van der Waals surface area contributed by atoms with Gasteiger partial charge < -0.3 is 4.90 Å². The van der Waals surface area contributed by atoms with E-state index in [1.54, 1.807) is 37.0 Å². The van der Waals surface area contributed by atoms with Crippen LogP contribution in [0.3, 0.4) is 0 Å². The molecule has 0 saturated heterocycles. The fraction of sp³-hybridized carbons (Fsp3) is 0.278. The highest BCUT2D eigenvalue weighted by molar-refractivity contribution is 7.98. The van der Waals surface area contributed by atoms with E-state index in [-0.39, 0.29) is 12.5 Å². The SMILES string of the molecule is CSc1ccc(CN(C)C(=O)CN(c2cccc(Cl)c2)S(C)(=O)=O)cc1. The number of nitrogens with zero attached hydrogens (tertiary/aromatic N) is 2. The minimum absolute atomic E-state index is 0.279. The summed E-state index contributed by atoms with van der Waals surface area (Å²) in [6, 6.07) is 14.3. The maximum absolute atomic E-state index is 12.6. The largest absolute Gasteiger partial charge is 0.340 e. The van der Waals surface area contributed by atoms with Crippen LogP contribution in [-0.2, 0) is 21.4 Å². The molecule has 5 nitrogen and oxygen atoms in total. The molecular formula is C18H21ClN2O3S2. The number of amides is 1. The van der Waals surface area contributed by atoms with Crippen molar-refractivity contribution in [3.63, 3.8) is 0 Å². The number of carbonyl (C=O) groups is 1. The third-order valence-electron chi connectivity index (χ3n) is 3.78. The predicted molar refractivity (Wildman–Crippen MR) is 108 cm³/mol. The van der Waals surface area contributed by atoms with E-state index in [0.717, 1.165) is 21.0 Å². The van der Waals surface area contributed by atoms with Crippen LogP contribution >= 0.6 is 23.4 Å². The van der Waals surface area contributed by atoms with Crippen LogP contribution < -0.4 is 4.31 Å². The Morgan fingerprint density at radius 3 is 2.35 bits per heavy atom. The Hall–Kier alpha value is -1.70. The standard InChI is InChI=1S/C18H21ClN2O3S2/c1-20(12-14-7-9-17(25-2)10-8-14)18(22)13-21(26(3,23)24)16-6-4-5-15(19)11-16/h4-11H,12-13H2,1-3H3. The Kier molecular flexibility index (Phi) is 6.97. The quantitative estimate of drug-likeness (QED) is 0.653. The van der Waals surface area contributed by atoms with Crippen LogP contribution in [0.2, 0.25) is 5.02 Å². The topological polar surface area (TPSA) is 57.7 Å². The van der Waals surface area contributed by atoms with E-state index in [4.69, 9.17) is 11.6 Å². The molecule has 0 atom stereocenters. The number of hydrogen-bond donors (Lipinski definition) is 0. The van der Waals surface area contributed by atoms with Crippen molar-refractivity contribution >= 4 is 45.0 Å². The van der Waals surface area contributed by atoms with Crippen LogP contribution in [0, 0.1) is 0 Å². The molecule has 140 valence electrons. The molecule has 0 radical (unpaired) electrons. The van der Waals surface area contributed by atoms with E-state index in [9.17, 15) is 13.2 Å². The lowest BCUT2D eigenvalue weighted by atomic mass is 10.2. The van der Waals surface area contributed by atoms with E-state index in [1.165, 1.54) is 11.0 Å². The Balaban J connectivity index is 2.13. The monoisotopic (exact) mass is 412 g/mol. The Morgan fingerprint density at radius 2 is 1.81 bits per heavy atom. The zero-order valence-electron chi connectivity index (χ0n) is 14.8. The molecule has 0 fully saturated rings. The Bertz CT molecular complexity index is 870. The van der Waals surface area contributed by atoms with Crippen molar-refractivity contribution in [2.75, 3.05) is 30.4 Å². The molecule has 0 spiro atoms. The number of sulfonamides is 1. The molecule has 26 heavy (non-hydrogen) atoms. The van der Waals surface area contributed by atoms with Gasteiger partial charge in [0, 0.05) is 23.5 Å². The summed E-state index contributed by atoms with van der Waals surface area (Å²) < 4.78 is 25.3. The van der Waals surface area contributed by atoms with Crippen LogP contribution in [0.25, 0.3) is 0 Å². The number of halogens is 1. The second-order valence-electron chi connectivity index (χ2n) is 5.85. The van der Waals surface area contributed by atoms with Gasteiger partial charge in [0.1, 0.15) is 6.54 Å². The second kappa shape index (κ2) is 8.79. The van der Waals surface area contributed by atoms with Gasteiger partial charge in [-0.25, -0.2) is 8.42 Å². The van der Waals surface area contributed by atoms with Crippen molar-refractivity contribution in [3.8, 4) is 0 Å². The third-order valence-corrected chi connectivity index (χ3v) is 5.90. The predicted octanol–water partition coefficient (Wildman–Crippen LogP) is 3.49. The van der Waals surface area contributed by atoms with Gasteiger partial charge in [0.05, 0.1) is 11.9 Å². The van der Waals surface area contributed by atoms with E-state index >= 15 is 0 Å². The smallest absolute Gasteiger partial charge is 0.243 e. The van der Waals surface area contributed by atoms with Gasteiger partial charge in [0.2, 0.25) is 15.9 Å². The van der Waals surface area contributed by atoms with E-state index in [0.29, 0.717) is 17.3 Å². The summed E-state index contributed by atoms with van der Waals surface area (Å²) in [5.74, 6) is -0.302. The first kappa shape index (κ1) is 20.6. The molecule has 1 amide bonds. The van der Waals surface area contributed by atoms with Crippen LogP contribution in [0.4, 0.5) is 5.69 Å². The fourth-order valence-corrected chi connectivity index (χ4v) is 3.80. The highest BCUT2D eigenvalue weighted by Gasteiger charge is 2.23.